The molecule has 2 aliphatic heterocycles. The number of aryl methyl sites for hydroxylation is 1. The Hall–Kier alpha value is -3.90. The van der Waals surface area contributed by atoms with Crippen LogP contribution in [-0.4, -0.2) is 70.9 Å². The molecule has 2 fully saturated rings. The van der Waals surface area contributed by atoms with Crippen molar-refractivity contribution in [2.45, 2.75) is 76.2 Å². The molecule has 49 heavy (non-hydrogen) atoms. The molecule has 12 heteroatoms. The van der Waals surface area contributed by atoms with Gasteiger partial charge in [-0.2, -0.15) is 4.39 Å². The summed E-state index contributed by atoms with van der Waals surface area (Å²) >= 11 is 5.99. The van der Waals surface area contributed by atoms with Crippen molar-refractivity contribution in [2.24, 2.45) is 0 Å². The number of aliphatic hydroxyl groups is 1. The van der Waals surface area contributed by atoms with E-state index in [0.717, 1.165) is 40.4 Å². The Morgan fingerprint density at radius 1 is 1.04 bits per heavy atom. The zero-order valence-electron chi connectivity index (χ0n) is 27.2. The Kier molecular flexibility index (Phi) is 12.4. The Morgan fingerprint density at radius 2 is 1.76 bits per heavy atom. The molecule has 3 aromatic rings. The molecule has 3 aromatic carbocycles. The van der Waals surface area contributed by atoms with Crippen LogP contribution in [0.15, 0.2) is 66.2 Å². The lowest BCUT2D eigenvalue weighted by atomic mass is 9.83. The molecule has 1 saturated heterocycles. The van der Waals surface area contributed by atoms with Gasteiger partial charge in [-0.15, -0.1) is 0 Å². The van der Waals surface area contributed by atoms with Gasteiger partial charge >= 0.3 is 5.97 Å². The predicted octanol–water partition coefficient (Wildman–Crippen LogP) is 5.89. The largest absolute Gasteiger partial charge is 0.488 e. The maximum atomic E-state index is 13.7. The first-order chi connectivity index (χ1) is 23.5. The number of hydrogen-bond donors (Lipinski definition) is 4. The molecule has 0 aromatic heterocycles. The number of carboxylic acids is 1. The van der Waals surface area contributed by atoms with Gasteiger partial charge in [0.2, 0.25) is 11.7 Å². The highest BCUT2D eigenvalue weighted by molar-refractivity contribution is 6.31. The van der Waals surface area contributed by atoms with Crippen molar-refractivity contribution in [1.82, 2.24) is 15.5 Å². The van der Waals surface area contributed by atoms with E-state index in [0.29, 0.717) is 31.9 Å². The topological polar surface area (TPSA) is 111 Å². The maximum absolute atomic E-state index is 13.7. The summed E-state index contributed by atoms with van der Waals surface area (Å²) in [5.74, 6) is -5.47. The SMILES string of the molecule is C[C@@H](O)CC(=O)N1C[C@@H]2CC(c3ccc(CCCOc4c(F)ccc(F)c4F)cc3)=C(C(=O)O)[C@H](C1)N2.Clc1ccccc1CNC1CC1. The van der Waals surface area contributed by atoms with Crippen LogP contribution in [0.25, 0.3) is 5.57 Å². The minimum absolute atomic E-state index is 0.00294. The number of benzene rings is 3. The molecule has 2 heterocycles. The second-order valence-corrected chi connectivity index (χ2v) is 13.1. The summed E-state index contributed by atoms with van der Waals surface area (Å²) in [6.07, 6.45) is 3.29. The number of carbonyl (C=O) groups is 2. The van der Waals surface area contributed by atoms with Gasteiger partial charge in [-0.05, 0) is 79.5 Å². The van der Waals surface area contributed by atoms with Crippen LogP contribution < -0.4 is 15.4 Å². The third-order valence-corrected chi connectivity index (χ3v) is 9.10. The van der Waals surface area contributed by atoms with Crippen LogP contribution >= 0.6 is 11.6 Å². The monoisotopic (exact) mass is 699 g/mol. The number of amides is 1. The number of carboxylic acid groups (broad SMARTS) is 1. The van der Waals surface area contributed by atoms with Crippen molar-refractivity contribution < 1.29 is 37.7 Å². The van der Waals surface area contributed by atoms with Crippen LogP contribution in [0.5, 0.6) is 5.75 Å². The van der Waals surface area contributed by atoms with Crippen molar-refractivity contribution in [3.05, 3.63) is 105 Å². The maximum Gasteiger partial charge on any atom is 0.333 e. The number of halogens is 4. The van der Waals surface area contributed by atoms with E-state index in [-0.39, 0.29) is 37.1 Å². The standard InChI is InChI=1S/C27H29F3N2O5.C10H12ClN/c1-15(33)11-23(34)32-13-18-12-19(24(27(35)36)22(14-32)31-18)17-6-4-16(5-7-17)3-2-10-37-26-21(29)9-8-20(28)25(26)30;11-10-4-2-1-3-8(10)7-12-9-5-6-9/h4-9,15,18,22,31,33H,2-3,10-14H2,1H3,(H,35,36);1-4,9,12H,5-7H2/t15-,18+,22+;/m1./s1. The highest BCUT2D eigenvalue weighted by atomic mass is 35.5. The number of piperazine rings is 1. The van der Waals surface area contributed by atoms with Gasteiger partial charge in [-0.25, -0.2) is 13.6 Å². The van der Waals surface area contributed by atoms with Gasteiger partial charge < -0.3 is 30.5 Å². The number of carbonyl (C=O) groups excluding carboxylic acids is 1. The summed E-state index contributed by atoms with van der Waals surface area (Å²) in [7, 11) is 0. The molecule has 3 atom stereocenters. The molecular formula is C37H41ClF3N3O5. The van der Waals surface area contributed by atoms with Crippen LogP contribution in [0.1, 0.15) is 55.7 Å². The van der Waals surface area contributed by atoms with Crippen LogP contribution in [0.2, 0.25) is 5.02 Å². The van der Waals surface area contributed by atoms with Crippen molar-refractivity contribution in [1.29, 1.82) is 0 Å². The van der Waals surface area contributed by atoms with Gasteiger partial charge in [0.1, 0.15) is 0 Å². The number of aliphatic carboxylic acids is 1. The number of fused-ring (bicyclic) bond motifs is 2. The summed E-state index contributed by atoms with van der Waals surface area (Å²) in [4.78, 5) is 26.3. The third-order valence-electron chi connectivity index (χ3n) is 8.73. The van der Waals surface area contributed by atoms with Crippen molar-refractivity contribution in [3.8, 4) is 5.75 Å². The average molecular weight is 700 g/mol. The Labute approximate surface area is 288 Å². The molecule has 6 rings (SSSR count). The molecule has 4 N–H and O–H groups in total. The van der Waals surface area contributed by atoms with E-state index < -0.39 is 41.3 Å². The van der Waals surface area contributed by atoms with Gasteiger partial charge in [-0.1, -0.05) is 54.1 Å². The van der Waals surface area contributed by atoms with Crippen LogP contribution in [0.3, 0.4) is 0 Å². The van der Waals surface area contributed by atoms with Crippen LogP contribution in [-0.2, 0) is 22.6 Å². The lowest BCUT2D eigenvalue weighted by molar-refractivity contribution is -0.137. The van der Waals surface area contributed by atoms with E-state index in [1.807, 2.05) is 42.5 Å². The molecule has 262 valence electrons. The number of ether oxygens (including phenoxy) is 1. The second kappa shape index (κ2) is 16.7. The predicted molar refractivity (Wildman–Crippen MR) is 181 cm³/mol. The summed E-state index contributed by atoms with van der Waals surface area (Å²) in [5, 5.41) is 27.1. The van der Waals surface area contributed by atoms with Gasteiger partial charge in [0.15, 0.2) is 17.4 Å². The fourth-order valence-electron chi connectivity index (χ4n) is 6.10. The molecule has 1 aliphatic carbocycles. The van der Waals surface area contributed by atoms with Crippen LogP contribution in [0.4, 0.5) is 13.2 Å². The first-order valence-corrected chi connectivity index (χ1v) is 16.9. The lowest BCUT2D eigenvalue weighted by Gasteiger charge is -2.43. The first-order valence-electron chi connectivity index (χ1n) is 16.5. The summed E-state index contributed by atoms with van der Waals surface area (Å²) in [6.45, 7) is 3.10. The molecular weight excluding hydrogens is 659 g/mol. The fraction of sp³-hybridized carbons (Fsp3) is 0.405. The summed E-state index contributed by atoms with van der Waals surface area (Å²) in [6, 6.07) is 17.1. The van der Waals surface area contributed by atoms with E-state index in [2.05, 4.69) is 16.7 Å². The van der Waals surface area contributed by atoms with E-state index in [1.165, 1.54) is 18.4 Å². The van der Waals surface area contributed by atoms with Gasteiger partial charge in [0.05, 0.1) is 30.7 Å². The minimum atomic E-state index is -1.35. The van der Waals surface area contributed by atoms with Gasteiger partial charge in [-0.3, -0.25) is 4.79 Å². The second-order valence-electron chi connectivity index (χ2n) is 12.7. The molecule has 0 unspecified atom stereocenters. The van der Waals surface area contributed by atoms with E-state index in [1.54, 1.807) is 11.8 Å². The highest BCUT2D eigenvalue weighted by Gasteiger charge is 2.39. The Morgan fingerprint density at radius 3 is 2.43 bits per heavy atom. The lowest BCUT2D eigenvalue weighted by Crippen LogP contribution is -2.61. The number of nitrogens with one attached hydrogen (secondary N) is 2. The third kappa shape index (κ3) is 9.85. The number of aliphatic hydroxyl groups excluding tert-OH is 1. The van der Waals surface area contributed by atoms with Crippen molar-refractivity contribution in [2.75, 3.05) is 19.7 Å². The molecule has 1 saturated carbocycles. The summed E-state index contributed by atoms with van der Waals surface area (Å²) in [5.41, 5.74) is 3.85. The summed E-state index contributed by atoms with van der Waals surface area (Å²) < 4.78 is 45.8. The molecule has 0 radical (unpaired) electrons. The number of nitrogens with zero attached hydrogens (tertiary/aromatic N) is 1. The smallest absolute Gasteiger partial charge is 0.333 e. The van der Waals surface area contributed by atoms with Crippen molar-refractivity contribution in [3.63, 3.8) is 0 Å². The normalized spacial score (nSPS) is 19.2. The molecule has 2 bridgehead atoms. The Bertz CT molecular complexity index is 1670. The average Bonchev–Trinajstić information content (AvgIpc) is 3.90. The zero-order valence-corrected chi connectivity index (χ0v) is 28.0. The van der Waals surface area contributed by atoms with Crippen LogP contribution in [0, 0.1) is 17.5 Å². The number of hydrogen-bond acceptors (Lipinski definition) is 6. The molecule has 8 nitrogen and oxygen atoms in total. The zero-order chi connectivity index (χ0) is 35.1. The van der Waals surface area contributed by atoms with E-state index >= 15 is 0 Å². The molecule has 3 aliphatic rings. The molecule has 0 spiro atoms. The fourth-order valence-corrected chi connectivity index (χ4v) is 6.30. The van der Waals surface area contributed by atoms with E-state index in [4.69, 9.17) is 16.3 Å². The first kappa shape index (κ1) is 36.4. The molecule has 1 amide bonds. The minimum Gasteiger partial charge on any atom is -0.488 e. The van der Waals surface area contributed by atoms with Gasteiger partial charge in [0.25, 0.3) is 0 Å². The highest BCUT2D eigenvalue weighted by Crippen LogP contribution is 2.34. The number of rotatable bonds is 12. The Balaban J connectivity index is 0.000000325. The van der Waals surface area contributed by atoms with Gasteiger partial charge in [0, 0.05) is 36.7 Å². The van der Waals surface area contributed by atoms with Crippen molar-refractivity contribution >= 4 is 29.1 Å². The quantitative estimate of drug-likeness (QED) is 0.138. The van der Waals surface area contributed by atoms with E-state index in [9.17, 15) is 33.0 Å².